The van der Waals surface area contributed by atoms with E-state index in [4.69, 9.17) is 10.7 Å². The number of nitrogens with zero attached hydrogens (tertiary/aromatic N) is 5. The average Bonchev–Trinajstić information content (AvgIpc) is 3.16. The minimum absolute atomic E-state index is 0.448. The summed E-state index contributed by atoms with van der Waals surface area (Å²) in [5, 5.41) is 0. The number of carbonyl (C=O) groups excluding carboxylic acids is 3. The molecule has 1 saturated heterocycles. The van der Waals surface area contributed by atoms with Crippen molar-refractivity contribution in [2.75, 3.05) is 18.5 Å². The van der Waals surface area contributed by atoms with E-state index >= 15 is 0 Å². The zero-order chi connectivity index (χ0) is 21.2. The number of guanidine groups is 1. The summed E-state index contributed by atoms with van der Waals surface area (Å²) >= 11 is 0. The van der Waals surface area contributed by atoms with Crippen molar-refractivity contribution in [1.82, 2.24) is 14.7 Å². The Morgan fingerprint density at radius 3 is 2.48 bits per heavy atom. The summed E-state index contributed by atoms with van der Waals surface area (Å²) < 4.78 is 0. The van der Waals surface area contributed by atoms with E-state index in [0.29, 0.717) is 5.96 Å². The Kier molecular flexibility index (Phi) is 4.14. The van der Waals surface area contributed by atoms with Crippen LogP contribution < -0.4 is 10.6 Å². The number of amides is 4. The first kappa shape index (κ1) is 19.0. The van der Waals surface area contributed by atoms with E-state index in [9.17, 15) is 14.4 Å². The molecule has 4 amide bonds. The van der Waals surface area contributed by atoms with Crippen molar-refractivity contribution in [2.45, 2.75) is 39.9 Å². The zero-order valence-corrected chi connectivity index (χ0v) is 17.1. The molecule has 29 heavy (non-hydrogen) atoms. The van der Waals surface area contributed by atoms with Crippen LogP contribution in [0, 0.1) is 13.8 Å². The van der Waals surface area contributed by atoms with Crippen LogP contribution in [-0.2, 0) is 9.59 Å². The number of benzene rings is 1. The number of carbonyl (C=O) groups is 3. The predicted octanol–water partition coefficient (Wildman–Crippen LogP) is 1.12. The third-order valence-corrected chi connectivity index (χ3v) is 6.02. The molecule has 0 aliphatic carbocycles. The van der Waals surface area contributed by atoms with Gasteiger partial charge in [-0.2, -0.15) is 0 Å². The molecule has 4 rings (SSSR count). The number of fused-ring (bicyclic) bond motifs is 3. The molecule has 3 heterocycles. The molecule has 3 aliphatic rings. The molecule has 1 aromatic rings. The summed E-state index contributed by atoms with van der Waals surface area (Å²) in [6, 6.07) is 4.76. The SMILES string of the molecule is CC1=C(C)N2C(=NC3C2C(=O)N(CC(N)=O)C(=O)N3C)N1c1cccc(C)c1C. The summed E-state index contributed by atoms with van der Waals surface area (Å²) in [5.74, 6) is -0.595. The van der Waals surface area contributed by atoms with Gasteiger partial charge in [0, 0.05) is 18.4 Å². The number of nitrogens with two attached hydrogens (primary N) is 1. The van der Waals surface area contributed by atoms with Gasteiger partial charge in [0.25, 0.3) is 5.91 Å². The number of hydrogen-bond acceptors (Lipinski definition) is 6. The van der Waals surface area contributed by atoms with Crippen molar-refractivity contribution >= 4 is 29.5 Å². The smallest absolute Gasteiger partial charge is 0.328 e. The molecular formula is C20H24N6O3. The Labute approximate surface area is 169 Å². The van der Waals surface area contributed by atoms with Crippen molar-refractivity contribution in [2.24, 2.45) is 10.7 Å². The lowest BCUT2D eigenvalue weighted by Crippen LogP contribution is -2.65. The molecule has 0 spiro atoms. The monoisotopic (exact) mass is 396 g/mol. The van der Waals surface area contributed by atoms with E-state index < -0.39 is 36.6 Å². The number of primary amides is 1. The van der Waals surface area contributed by atoms with Crippen molar-refractivity contribution in [3.63, 3.8) is 0 Å². The molecule has 3 aliphatic heterocycles. The largest absolute Gasteiger partial charge is 0.368 e. The molecule has 1 fully saturated rings. The predicted molar refractivity (Wildman–Crippen MR) is 108 cm³/mol. The van der Waals surface area contributed by atoms with Gasteiger partial charge in [0.05, 0.1) is 5.69 Å². The Morgan fingerprint density at radius 2 is 1.83 bits per heavy atom. The number of hydrogen-bond donors (Lipinski definition) is 1. The molecule has 0 bridgehead atoms. The third-order valence-electron chi connectivity index (χ3n) is 6.02. The maximum Gasteiger partial charge on any atom is 0.328 e. The molecule has 0 radical (unpaired) electrons. The Hall–Kier alpha value is -3.36. The van der Waals surface area contributed by atoms with Gasteiger partial charge in [-0.1, -0.05) is 12.1 Å². The number of imide groups is 1. The summed E-state index contributed by atoms with van der Waals surface area (Å²) in [6.07, 6.45) is -0.662. The first-order chi connectivity index (χ1) is 13.6. The molecule has 152 valence electrons. The van der Waals surface area contributed by atoms with Crippen LogP contribution in [0.1, 0.15) is 25.0 Å². The fourth-order valence-electron chi connectivity index (χ4n) is 4.18. The maximum atomic E-state index is 13.2. The molecule has 0 saturated carbocycles. The van der Waals surface area contributed by atoms with Gasteiger partial charge < -0.3 is 10.6 Å². The highest BCUT2D eigenvalue weighted by Gasteiger charge is 2.56. The number of aryl methyl sites for hydroxylation is 1. The van der Waals surface area contributed by atoms with Crippen LogP contribution in [0.3, 0.4) is 0 Å². The van der Waals surface area contributed by atoms with Gasteiger partial charge in [-0.05, 0) is 44.9 Å². The number of allylic oxidation sites excluding steroid dienone is 2. The lowest BCUT2D eigenvalue weighted by atomic mass is 10.1. The number of anilines is 1. The number of rotatable bonds is 3. The van der Waals surface area contributed by atoms with Crippen LogP contribution in [-0.4, -0.2) is 64.3 Å². The zero-order valence-electron chi connectivity index (χ0n) is 17.1. The van der Waals surface area contributed by atoms with Crippen molar-refractivity contribution in [3.05, 3.63) is 40.7 Å². The topological polar surface area (TPSA) is 103 Å². The first-order valence-corrected chi connectivity index (χ1v) is 9.42. The molecule has 9 nitrogen and oxygen atoms in total. The van der Waals surface area contributed by atoms with E-state index in [0.717, 1.165) is 33.1 Å². The minimum atomic E-state index is -0.737. The second-order valence-electron chi connectivity index (χ2n) is 7.67. The second kappa shape index (κ2) is 6.33. The van der Waals surface area contributed by atoms with E-state index in [2.05, 4.69) is 0 Å². The highest BCUT2D eigenvalue weighted by molar-refractivity contribution is 6.11. The van der Waals surface area contributed by atoms with Crippen LogP contribution >= 0.6 is 0 Å². The molecule has 1 aromatic carbocycles. The minimum Gasteiger partial charge on any atom is -0.368 e. The maximum absolute atomic E-state index is 13.2. The summed E-state index contributed by atoms with van der Waals surface area (Å²) in [5.41, 5.74) is 10.3. The summed E-state index contributed by atoms with van der Waals surface area (Å²) in [6.45, 7) is 7.56. The quantitative estimate of drug-likeness (QED) is 0.825. The molecule has 2 N–H and O–H groups in total. The van der Waals surface area contributed by atoms with Crippen LogP contribution in [0.15, 0.2) is 34.6 Å². The van der Waals surface area contributed by atoms with Crippen LogP contribution in [0.2, 0.25) is 0 Å². The number of aliphatic imine (C=N–C) groups is 1. The molecule has 2 unspecified atom stereocenters. The van der Waals surface area contributed by atoms with Gasteiger partial charge in [-0.25, -0.2) is 9.79 Å². The Bertz CT molecular complexity index is 1010. The summed E-state index contributed by atoms with van der Waals surface area (Å²) in [7, 11) is 1.58. The van der Waals surface area contributed by atoms with Crippen molar-refractivity contribution < 1.29 is 14.4 Å². The van der Waals surface area contributed by atoms with E-state index in [1.54, 1.807) is 7.05 Å². The lowest BCUT2D eigenvalue weighted by molar-refractivity contribution is -0.139. The Morgan fingerprint density at radius 1 is 1.14 bits per heavy atom. The van der Waals surface area contributed by atoms with Gasteiger partial charge in [0.15, 0.2) is 12.2 Å². The molecular weight excluding hydrogens is 372 g/mol. The van der Waals surface area contributed by atoms with E-state index in [-0.39, 0.29) is 0 Å². The molecule has 9 heteroatoms. The first-order valence-electron chi connectivity index (χ1n) is 9.42. The van der Waals surface area contributed by atoms with Crippen molar-refractivity contribution in [1.29, 1.82) is 0 Å². The van der Waals surface area contributed by atoms with Crippen LogP contribution in [0.4, 0.5) is 10.5 Å². The molecule has 0 aromatic heterocycles. The average molecular weight is 396 g/mol. The van der Waals surface area contributed by atoms with Crippen LogP contribution in [0.25, 0.3) is 0 Å². The normalized spacial score (nSPS) is 23.7. The molecule has 2 atom stereocenters. The van der Waals surface area contributed by atoms with Gasteiger partial charge in [-0.3, -0.25) is 24.3 Å². The van der Waals surface area contributed by atoms with Crippen LogP contribution in [0.5, 0.6) is 0 Å². The van der Waals surface area contributed by atoms with Gasteiger partial charge in [0.1, 0.15) is 6.54 Å². The van der Waals surface area contributed by atoms with E-state index in [1.165, 1.54) is 4.90 Å². The van der Waals surface area contributed by atoms with Gasteiger partial charge in [-0.15, -0.1) is 0 Å². The Balaban J connectivity index is 1.80. The van der Waals surface area contributed by atoms with E-state index in [1.807, 2.05) is 55.7 Å². The second-order valence-corrected chi connectivity index (χ2v) is 7.67. The summed E-state index contributed by atoms with van der Waals surface area (Å²) in [4.78, 5) is 48.2. The fourth-order valence-corrected chi connectivity index (χ4v) is 4.18. The van der Waals surface area contributed by atoms with Gasteiger partial charge in [0.2, 0.25) is 11.9 Å². The number of likely N-dealkylation sites (N-methyl/N-ethyl adjacent to an activating group) is 1. The highest BCUT2D eigenvalue weighted by Crippen LogP contribution is 2.41. The highest BCUT2D eigenvalue weighted by atomic mass is 16.2. The standard InChI is InChI=1S/C20H24N6O3/c1-10-7-6-8-14(11(10)2)25-12(3)13(4)26-16-17(22-19(25)26)23(5)20(29)24(18(16)28)9-15(21)27/h6-8,16-17H,9H2,1-5H3,(H2,21,27). The third kappa shape index (κ3) is 2.53. The number of urea groups is 1. The lowest BCUT2D eigenvalue weighted by Gasteiger charge is -2.40. The van der Waals surface area contributed by atoms with Crippen molar-refractivity contribution in [3.8, 4) is 0 Å². The van der Waals surface area contributed by atoms with Gasteiger partial charge >= 0.3 is 6.03 Å². The fraction of sp³-hybridized carbons (Fsp3) is 0.400.